The Hall–Kier alpha value is -1.50. The molecule has 2 rings (SSSR count). The number of aryl methyl sites for hydroxylation is 1. The minimum Gasteiger partial charge on any atom is -0.357 e. The van der Waals surface area contributed by atoms with E-state index < -0.39 is 0 Å². The molecule has 0 aliphatic heterocycles. The monoisotopic (exact) mass is 406 g/mol. The van der Waals surface area contributed by atoms with Crippen LogP contribution in [0.3, 0.4) is 0 Å². The number of rotatable bonds is 11. The van der Waals surface area contributed by atoms with Crippen molar-refractivity contribution in [2.75, 3.05) is 25.9 Å². The first-order valence-corrected chi connectivity index (χ1v) is 12.0. The van der Waals surface area contributed by atoms with Crippen molar-refractivity contribution in [3.8, 4) is 0 Å². The van der Waals surface area contributed by atoms with Gasteiger partial charge in [-0.25, -0.2) is 0 Å². The summed E-state index contributed by atoms with van der Waals surface area (Å²) in [5.74, 6) is 2.59. The molecule has 0 atom stereocenters. The maximum Gasteiger partial charge on any atom is 0.191 e. The van der Waals surface area contributed by atoms with Crippen molar-refractivity contribution >= 4 is 17.7 Å². The lowest BCUT2D eigenvalue weighted by Crippen LogP contribution is -2.38. The van der Waals surface area contributed by atoms with Crippen LogP contribution in [0.4, 0.5) is 0 Å². The molecule has 2 N–H and O–H groups in total. The molecule has 1 heterocycles. The molecule has 1 aromatic rings. The predicted molar refractivity (Wildman–Crippen MR) is 120 cm³/mol. The van der Waals surface area contributed by atoms with E-state index in [1.165, 1.54) is 25.7 Å². The van der Waals surface area contributed by atoms with Crippen molar-refractivity contribution in [3.63, 3.8) is 0 Å². The molecular formula is C21H38N6S. The summed E-state index contributed by atoms with van der Waals surface area (Å²) in [5.41, 5.74) is 1.60. The summed E-state index contributed by atoms with van der Waals surface area (Å²) in [6.45, 7) is 10.2. The summed E-state index contributed by atoms with van der Waals surface area (Å²) in [4.78, 5) is 4.74. The van der Waals surface area contributed by atoms with Crippen LogP contribution in [0, 0.1) is 5.92 Å². The Morgan fingerprint density at radius 3 is 2.79 bits per heavy atom. The zero-order valence-electron chi connectivity index (χ0n) is 18.1. The van der Waals surface area contributed by atoms with Crippen LogP contribution in [-0.2, 0) is 13.0 Å². The molecule has 0 spiro atoms. The third kappa shape index (κ3) is 7.86. The highest BCUT2D eigenvalue weighted by Gasteiger charge is 2.12. The van der Waals surface area contributed by atoms with Crippen LogP contribution >= 0.6 is 11.8 Å². The van der Waals surface area contributed by atoms with Gasteiger partial charge in [-0.05, 0) is 57.6 Å². The van der Waals surface area contributed by atoms with E-state index in [0.29, 0.717) is 5.92 Å². The highest BCUT2D eigenvalue weighted by Crippen LogP contribution is 2.19. The standard InChI is InChI=1S/C21H38N6S/c1-5-22-20(24-15-13-18-10-7-6-8-11-18)23-14-9-12-19-25-26-21(28-4)27(19)16-17(2)3/h10,17H,5-9,11-16H2,1-4H3,(H2,22,23,24). The summed E-state index contributed by atoms with van der Waals surface area (Å²) in [7, 11) is 0. The molecule has 1 aliphatic rings. The lowest BCUT2D eigenvalue weighted by molar-refractivity contribution is 0.477. The minimum atomic E-state index is 0.586. The number of allylic oxidation sites excluding steroid dienone is 1. The first-order valence-electron chi connectivity index (χ1n) is 10.8. The fraction of sp³-hybridized carbons (Fsp3) is 0.762. The van der Waals surface area contributed by atoms with E-state index in [1.54, 1.807) is 17.3 Å². The van der Waals surface area contributed by atoms with Gasteiger partial charge in [0, 0.05) is 32.6 Å². The zero-order valence-corrected chi connectivity index (χ0v) is 18.9. The molecule has 0 saturated heterocycles. The number of aliphatic imine (C=N–C) groups is 1. The van der Waals surface area contributed by atoms with Gasteiger partial charge < -0.3 is 15.2 Å². The van der Waals surface area contributed by atoms with E-state index in [9.17, 15) is 0 Å². The van der Waals surface area contributed by atoms with Gasteiger partial charge in [-0.1, -0.05) is 37.3 Å². The predicted octanol–water partition coefficient (Wildman–Crippen LogP) is 4.03. The number of aromatic nitrogens is 3. The number of thioether (sulfide) groups is 1. The first-order chi connectivity index (χ1) is 13.6. The summed E-state index contributed by atoms with van der Waals surface area (Å²) in [5, 5.41) is 16.6. The van der Waals surface area contributed by atoms with E-state index in [-0.39, 0.29) is 0 Å². The molecule has 6 nitrogen and oxygen atoms in total. The molecule has 28 heavy (non-hydrogen) atoms. The Labute approximate surface area is 175 Å². The number of guanidine groups is 1. The average molecular weight is 407 g/mol. The largest absolute Gasteiger partial charge is 0.357 e. The zero-order chi connectivity index (χ0) is 20.2. The molecular weight excluding hydrogens is 368 g/mol. The van der Waals surface area contributed by atoms with E-state index in [4.69, 9.17) is 4.99 Å². The summed E-state index contributed by atoms with van der Waals surface area (Å²) < 4.78 is 2.26. The molecule has 0 bridgehead atoms. The smallest absolute Gasteiger partial charge is 0.191 e. The van der Waals surface area contributed by atoms with E-state index >= 15 is 0 Å². The highest BCUT2D eigenvalue weighted by atomic mass is 32.2. The summed E-state index contributed by atoms with van der Waals surface area (Å²) in [6, 6.07) is 0. The Morgan fingerprint density at radius 1 is 1.25 bits per heavy atom. The molecule has 0 radical (unpaired) electrons. The first kappa shape index (κ1) is 22.8. The fourth-order valence-electron chi connectivity index (χ4n) is 3.45. The van der Waals surface area contributed by atoms with Gasteiger partial charge in [-0.2, -0.15) is 0 Å². The third-order valence-electron chi connectivity index (χ3n) is 4.82. The maximum absolute atomic E-state index is 4.74. The van der Waals surface area contributed by atoms with Gasteiger partial charge in [0.15, 0.2) is 11.1 Å². The van der Waals surface area contributed by atoms with Crippen molar-refractivity contribution in [3.05, 3.63) is 17.5 Å². The lowest BCUT2D eigenvalue weighted by Gasteiger charge is -2.15. The van der Waals surface area contributed by atoms with Crippen molar-refractivity contribution in [1.82, 2.24) is 25.4 Å². The van der Waals surface area contributed by atoms with Gasteiger partial charge >= 0.3 is 0 Å². The third-order valence-corrected chi connectivity index (χ3v) is 5.49. The SMILES string of the molecule is CCNC(=NCCCc1nnc(SC)n1CC(C)C)NCCC1=CCCCC1. The number of hydrogen-bond donors (Lipinski definition) is 2. The Bertz CT molecular complexity index is 635. The topological polar surface area (TPSA) is 67.1 Å². The normalized spacial score (nSPS) is 15.0. The molecule has 0 unspecified atom stereocenters. The van der Waals surface area contributed by atoms with Crippen LogP contribution in [0.5, 0.6) is 0 Å². The summed E-state index contributed by atoms with van der Waals surface area (Å²) in [6.07, 6.45) is 12.7. The molecule has 158 valence electrons. The van der Waals surface area contributed by atoms with Crippen LogP contribution in [0.1, 0.15) is 65.1 Å². The Balaban J connectivity index is 1.79. The van der Waals surface area contributed by atoms with Gasteiger partial charge in [-0.3, -0.25) is 4.99 Å². The quantitative estimate of drug-likeness (QED) is 0.191. The number of hydrogen-bond acceptors (Lipinski definition) is 4. The van der Waals surface area contributed by atoms with Gasteiger partial charge in [0.25, 0.3) is 0 Å². The second kappa shape index (κ2) is 12.9. The van der Waals surface area contributed by atoms with Gasteiger partial charge in [0.1, 0.15) is 5.82 Å². The van der Waals surface area contributed by atoms with Crippen molar-refractivity contribution in [1.29, 1.82) is 0 Å². The van der Waals surface area contributed by atoms with Gasteiger partial charge in [-0.15, -0.1) is 10.2 Å². The highest BCUT2D eigenvalue weighted by molar-refractivity contribution is 7.98. The molecule has 0 saturated carbocycles. The molecule has 1 aromatic heterocycles. The van der Waals surface area contributed by atoms with Crippen LogP contribution in [-0.4, -0.2) is 46.6 Å². The number of nitrogens with one attached hydrogen (secondary N) is 2. The van der Waals surface area contributed by atoms with Crippen molar-refractivity contribution in [2.24, 2.45) is 10.9 Å². The lowest BCUT2D eigenvalue weighted by atomic mass is 9.97. The van der Waals surface area contributed by atoms with E-state index in [1.807, 2.05) is 0 Å². The van der Waals surface area contributed by atoms with E-state index in [0.717, 1.165) is 62.4 Å². The summed E-state index contributed by atoms with van der Waals surface area (Å²) >= 11 is 1.67. The molecule has 0 fully saturated rings. The maximum atomic E-state index is 4.74. The molecule has 0 aromatic carbocycles. The average Bonchev–Trinajstić information content (AvgIpc) is 3.07. The molecule has 0 amide bonds. The second-order valence-corrected chi connectivity index (χ2v) is 8.53. The van der Waals surface area contributed by atoms with Gasteiger partial charge in [0.2, 0.25) is 0 Å². The Morgan fingerprint density at radius 2 is 2.11 bits per heavy atom. The second-order valence-electron chi connectivity index (χ2n) is 7.76. The Kier molecular flexibility index (Phi) is 10.5. The van der Waals surface area contributed by atoms with Crippen LogP contribution in [0.15, 0.2) is 21.8 Å². The molecule has 7 heteroatoms. The van der Waals surface area contributed by atoms with Gasteiger partial charge in [0.05, 0.1) is 0 Å². The van der Waals surface area contributed by atoms with Crippen LogP contribution < -0.4 is 10.6 Å². The minimum absolute atomic E-state index is 0.586. The van der Waals surface area contributed by atoms with Crippen LogP contribution in [0.2, 0.25) is 0 Å². The number of nitrogens with zero attached hydrogens (tertiary/aromatic N) is 4. The molecule has 1 aliphatic carbocycles. The fourth-order valence-corrected chi connectivity index (χ4v) is 3.97. The van der Waals surface area contributed by atoms with Crippen LogP contribution in [0.25, 0.3) is 0 Å². The van der Waals surface area contributed by atoms with E-state index in [2.05, 4.69) is 58.5 Å². The van der Waals surface area contributed by atoms with Crippen molar-refractivity contribution in [2.45, 2.75) is 77.4 Å². The van der Waals surface area contributed by atoms with Crippen molar-refractivity contribution < 1.29 is 0 Å².